The SMILES string of the molecule is COc1ccc2cc(C(N)C3C4CCCCC43)ccc2c1. The Balaban J connectivity index is 1.61. The highest BCUT2D eigenvalue weighted by Gasteiger charge is 2.53. The number of rotatable bonds is 3. The normalized spacial score (nSPS) is 29.0. The number of hydrogen-bond donors (Lipinski definition) is 1. The summed E-state index contributed by atoms with van der Waals surface area (Å²) in [7, 11) is 1.71. The Morgan fingerprint density at radius 2 is 1.67 bits per heavy atom. The van der Waals surface area contributed by atoms with Crippen LogP contribution >= 0.6 is 0 Å². The fraction of sp³-hybridized carbons (Fsp3) is 0.474. The largest absolute Gasteiger partial charge is 0.497 e. The lowest BCUT2D eigenvalue weighted by Crippen LogP contribution is -2.14. The second kappa shape index (κ2) is 5.03. The fourth-order valence-electron chi connectivity index (χ4n) is 4.38. The molecule has 0 bridgehead atoms. The van der Waals surface area contributed by atoms with Gasteiger partial charge in [0.2, 0.25) is 0 Å². The van der Waals surface area contributed by atoms with Gasteiger partial charge in [0, 0.05) is 6.04 Å². The second-order valence-corrected chi connectivity index (χ2v) is 6.69. The number of nitrogens with two attached hydrogens (primary N) is 1. The van der Waals surface area contributed by atoms with Crippen LogP contribution in [0.3, 0.4) is 0 Å². The van der Waals surface area contributed by atoms with E-state index >= 15 is 0 Å². The van der Waals surface area contributed by atoms with Crippen molar-refractivity contribution in [2.45, 2.75) is 31.7 Å². The van der Waals surface area contributed by atoms with E-state index in [2.05, 4.69) is 30.3 Å². The van der Waals surface area contributed by atoms with E-state index < -0.39 is 0 Å². The number of hydrogen-bond acceptors (Lipinski definition) is 2. The molecule has 21 heavy (non-hydrogen) atoms. The summed E-state index contributed by atoms with van der Waals surface area (Å²) in [6, 6.07) is 13.1. The molecule has 0 radical (unpaired) electrons. The number of ether oxygens (including phenoxy) is 1. The Kier molecular flexibility index (Phi) is 3.15. The lowest BCUT2D eigenvalue weighted by atomic mass is 9.97. The van der Waals surface area contributed by atoms with E-state index in [0.717, 1.165) is 23.5 Å². The number of fused-ring (bicyclic) bond motifs is 2. The summed E-state index contributed by atoms with van der Waals surface area (Å²) in [6.45, 7) is 0. The molecule has 2 aliphatic rings. The van der Waals surface area contributed by atoms with E-state index in [9.17, 15) is 0 Å². The van der Waals surface area contributed by atoms with Crippen molar-refractivity contribution in [1.29, 1.82) is 0 Å². The molecule has 2 aliphatic carbocycles. The van der Waals surface area contributed by atoms with Crippen LogP contribution in [0.25, 0.3) is 10.8 Å². The first kappa shape index (κ1) is 13.1. The Morgan fingerprint density at radius 3 is 2.38 bits per heavy atom. The van der Waals surface area contributed by atoms with Crippen molar-refractivity contribution in [3.8, 4) is 5.75 Å². The van der Waals surface area contributed by atoms with Crippen LogP contribution in [-0.2, 0) is 0 Å². The van der Waals surface area contributed by atoms with Gasteiger partial charge in [0.1, 0.15) is 5.75 Å². The van der Waals surface area contributed by atoms with E-state index in [1.165, 1.54) is 42.0 Å². The molecular formula is C19H23NO. The predicted octanol–water partition coefficient (Wildman–Crippen LogP) is 4.28. The monoisotopic (exact) mass is 281 g/mol. The van der Waals surface area contributed by atoms with Crippen LogP contribution in [0, 0.1) is 17.8 Å². The van der Waals surface area contributed by atoms with E-state index in [-0.39, 0.29) is 6.04 Å². The molecule has 2 fully saturated rings. The molecular weight excluding hydrogens is 258 g/mol. The van der Waals surface area contributed by atoms with Crippen molar-refractivity contribution in [3.05, 3.63) is 42.0 Å². The molecule has 3 unspecified atom stereocenters. The molecule has 0 aromatic heterocycles. The maximum atomic E-state index is 6.58. The van der Waals surface area contributed by atoms with Gasteiger partial charge in [0.15, 0.2) is 0 Å². The lowest BCUT2D eigenvalue weighted by Gasteiger charge is -2.13. The third-order valence-electron chi connectivity index (χ3n) is 5.59. The van der Waals surface area contributed by atoms with E-state index in [0.29, 0.717) is 0 Å². The minimum Gasteiger partial charge on any atom is -0.497 e. The summed E-state index contributed by atoms with van der Waals surface area (Å²) >= 11 is 0. The molecule has 2 aromatic carbocycles. The molecule has 0 aliphatic heterocycles. The summed E-state index contributed by atoms with van der Waals surface area (Å²) in [5, 5.41) is 2.48. The van der Waals surface area contributed by atoms with Crippen LogP contribution in [0.1, 0.15) is 37.3 Å². The molecule has 3 atom stereocenters. The van der Waals surface area contributed by atoms with Gasteiger partial charge in [-0.05, 0) is 65.1 Å². The molecule has 4 rings (SSSR count). The van der Waals surface area contributed by atoms with Gasteiger partial charge in [0.05, 0.1) is 7.11 Å². The first-order chi connectivity index (χ1) is 10.3. The molecule has 0 saturated heterocycles. The van der Waals surface area contributed by atoms with Crippen molar-refractivity contribution < 1.29 is 4.74 Å². The zero-order valence-corrected chi connectivity index (χ0v) is 12.6. The molecule has 2 saturated carbocycles. The summed E-state index contributed by atoms with van der Waals surface area (Å²) in [5.41, 5.74) is 7.88. The zero-order chi connectivity index (χ0) is 14.4. The quantitative estimate of drug-likeness (QED) is 0.911. The van der Waals surface area contributed by atoms with Crippen LogP contribution in [0.5, 0.6) is 5.75 Å². The standard InChI is InChI=1S/C19H23NO/c1-21-15-9-8-12-10-14(7-6-13(12)11-15)19(20)18-16-4-2-3-5-17(16)18/h6-11,16-19H,2-5,20H2,1H3. The Hall–Kier alpha value is -1.54. The third kappa shape index (κ3) is 2.22. The van der Waals surface area contributed by atoms with Crippen LogP contribution in [0.2, 0.25) is 0 Å². The Morgan fingerprint density at radius 1 is 1.00 bits per heavy atom. The lowest BCUT2D eigenvalue weighted by molar-refractivity contribution is 0.415. The molecule has 0 spiro atoms. The van der Waals surface area contributed by atoms with Gasteiger partial charge in [-0.15, -0.1) is 0 Å². The van der Waals surface area contributed by atoms with Crippen molar-refractivity contribution in [1.82, 2.24) is 0 Å². The summed E-state index contributed by atoms with van der Waals surface area (Å²) in [5.74, 6) is 3.44. The van der Waals surface area contributed by atoms with Crippen molar-refractivity contribution in [2.75, 3.05) is 7.11 Å². The highest BCUT2D eigenvalue weighted by Crippen LogP contribution is 2.59. The molecule has 110 valence electrons. The average molecular weight is 281 g/mol. The predicted molar refractivity (Wildman–Crippen MR) is 86.4 cm³/mol. The van der Waals surface area contributed by atoms with E-state index in [4.69, 9.17) is 10.5 Å². The Bertz CT molecular complexity index is 654. The van der Waals surface area contributed by atoms with Gasteiger partial charge in [0.25, 0.3) is 0 Å². The first-order valence-corrected chi connectivity index (χ1v) is 8.11. The maximum Gasteiger partial charge on any atom is 0.119 e. The minimum absolute atomic E-state index is 0.213. The maximum absolute atomic E-state index is 6.58. The van der Waals surface area contributed by atoms with Crippen molar-refractivity contribution in [2.24, 2.45) is 23.5 Å². The third-order valence-corrected chi connectivity index (χ3v) is 5.59. The average Bonchev–Trinajstić information content (AvgIpc) is 3.27. The van der Waals surface area contributed by atoms with Gasteiger partial charge in [-0.3, -0.25) is 0 Å². The Labute approximate surface area is 126 Å². The molecule has 2 heteroatoms. The first-order valence-electron chi connectivity index (χ1n) is 8.11. The molecule has 0 amide bonds. The summed E-state index contributed by atoms with van der Waals surface area (Å²) < 4.78 is 5.29. The minimum atomic E-state index is 0.213. The summed E-state index contributed by atoms with van der Waals surface area (Å²) in [4.78, 5) is 0. The molecule has 2 N–H and O–H groups in total. The number of benzene rings is 2. The molecule has 2 nitrogen and oxygen atoms in total. The van der Waals surface area contributed by atoms with Crippen LogP contribution in [0.4, 0.5) is 0 Å². The zero-order valence-electron chi connectivity index (χ0n) is 12.6. The van der Waals surface area contributed by atoms with Gasteiger partial charge >= 0.3 is 0 Å². The molecule has 0 heterocycles. The molecule has 2 aromatic rings. The fourth-order valence-corrected chi connectivity index (χ4v) is 4.38. The smallest absolute Gasteiger partial charge is 0.119 e. The second-order valence-electron chi connectivity index (χ2n) is 6.69. The van der Waals surface area contributed by atoms with Crippen molar-refractivity contribution >= 4 is 10.8 Å². The van der Waals surface area contributed by atoms with Gasteiger partial charge in [-0.2, -0.15) is 0 Å². The summed E-state index contributed by atoms with van der Waals surface area (Å²) in [6.07, 6.45) is 5.60. The van der Waals surface area contributed by atoms with Crippen LogP contribution in [-0.4, -0.2) is 7.11 Å². The van der Waals surface area contributed by atoms with Gasteiger partial charge in [-0.1, -0.05) is 31.0 Å². The van der Waals surface area contributed by atoms with Crippen LogP contribution in [0.15, 0.2) is 36.4 Å². The van der Waals surface area contributed by atoms with Gasteiger partial charge < -0.3 is 10.5 Å². The van der Waals surface area contributed by atoms with Gasteiger partial charge in [-0.25, -0.2) is 0 Å². The topological polar surface area (TPSA) is 35.2 Å². The van der Waals surface area contributed by atoms with Crippen molar-refractivity contribution in [3.63, 3.8) is 0 Å². The van der Waals surface area contributed by atoms with E-state index in [1.807, 2.05) is 6.07 Å². The van der Waals surface area contributed by atoms with E-state index in [1.54, 1.807) is 7.11 Å². The highest BCUT2D eigenvalue weighted by molar-refractivity contribution is 5.84. The number of methoxy groups -OCH3 is 1. The van der Waals surface area contributed by atoms with Crippen LogP contribution < -0.4 is 10.5 Å². The highest BCUT2D eigenvalue weighted by atomic mass is 16.5.